The molecule has 4 aromatic rings. The van der Waals surface area contributed by atoms with Gasteiger partial charge in [-0.1, -0.05) is 30.3 Å². The van der Waals surface area contributed by atoms with E-state index in [-0.39, 0.29) is 22.4 Å². The van der Waals surface area contributed by atoms with E-state index in [1.807, 2.05) is 37.3 Å². The molecule has 42 heavy (non-hydrogen) atoms. The third kappa shape index (κ3) is 7.33. The molecule has 10 nitrogen and oxygen atoms in total. The first-order chi connectivity index (χ1) is 20.0. The number of nitrogens with zero attached hydrogens (tertiary/aromatic N) is 3. The Balaban J connectivity index is 1.55. The number of hydrogen-bond donors (Lipinski definition) is 1. The molecule has 0 fully saturated rings. The number of amides is 2. The first-order valence-corrected chi connectivity index (χ1v) is 16.2. The van der Waals surface area contributed by atoms with Gasteiger partial charge in [-0.3, -0.25) is 9.59 Å². The smallest absolute Gasteiger partial charge is 0.284 e. The van der Waals surface area contributed by atoms with Crippen molar-refractivity contribution >= 4 is 44.5 Å². The second-order valence-corrected chi connectivity index (χ2v) is 13.5. The zero-order valence-corrected chi connectivity index (χ0v) is 26.4. The van der Waals surface area contributed by atoms with Gasteiger partial charge >= 0.3 is 0 Å². The van der Waals surface area contributed by atoms with Gasteiger partial charge in [0.2, 0.25) is 0 Å². The third-order valence-corrected chi connectivity index (χ3v) is 10.3. The normalized spacial score (nSPS) is 11.3. The van der Waals surface area contributed by atoms with Crippen LogP contribution in [0.2, 0.25) is 0 Å². The molecule has 0 aliphatic rings. The van der Waals surface area contributed by atoms with Crippen LogP contribution in [0.4, 0.5) is 0 Å². The van der Waals surface area contributed by atoms with Gasteiger partial charge in [0.1, 0.15) is 22.2 Å². The van der Waals surface area contributed by atoms with Gasteiger partial charge in [0.25, 0.3) is 21.8 Å². The number of hydrogen-bond acceptors (Lipinski definition) is 10. The molecule has 0 aliphatic carbocycles. The molecule has 2 amide bonds. The molecule has 0 aliphatic heterocycles. The van der Waals surface area contributed by atoms with Crippen LogP contribution in [0.1, 0.15) is 54.1 Å². The van der Waals surface area contributed by atoms with Crippen LogP contribution in [-0.2, 0) is 23.0 Å². The van der Waals surface area contributed by atoms with E-state index in [4.69, 9.17) is 9.47 Å². The quantitative estimate of drug-likeness (QED) is 0.234. The summed E-state index contributed by atoms with van der Waals surface area (Å²) >= 11 is 2.17. The van der Waals surface area contributed by atoms with Gasteiger partial charge in [-0.2, -0.15) is 0 Å². The highest BCUT2D eigenvalue weighted by Gasteiger charge is 2.26. The SMILES string of the molecule is COc1cc(C(=O)N(CCCc2ccccc2)Cc2nc(C(=O)NS(=O)(=O)c3sc(C)nc3C)cs2)cc(OC)c1C. The van der Waals surface area contributed by atoms with Gasteiger partial charge in [-0.05, 0) is 51.3 Å². The van der Waals surface area contributed by atoms with Crippen molar-refractivity contribution < 1.29 is 27.5 Å². The summed E-state index contributed by atoms with van der Waals surface area (Å²) in [5.41, 5.74) is 2.61. The van der Waals surface area contributed by atoms with Crippen molar-refractivity contribution in [2.45, 2.75) is 44.4 Å². The highest BCUT2D eigenvalue weighted by Crippen LogP contribution is 2.30. The molecule has 0 saturated heterocycles. The van der Waals surface area contributed by atoms with E-state index in [9.17, 15) is 18.0 Å². The van der Waals surface area contributed by atoms with Crippen LogP contribution in [0, 0.1) is 20.8 Å². The summed E-state index contributed by atoms with van der Waals surface area (Å²) in [6, 6.07) is 13.3. The zero-order valence-electron chi connectivity index (χ0n) is 24.0. The summed E-state index contributed by atoms with van der Waals surface area (Å²) in [5.74, 6) is -0.0390. The molecule has 0 spiro atoms. The van der Waals surface area contributed by atoms with Crippen molar-refractivity contribution in [1.29, 1.82) is 0 Å². The van der Waals surface area contributed by atoms with Crippen LogP contribution in [0.5, 0.6) is 11.5 Å². The van der Waals surface area contributed by atoms with E-state index < -0.39 is 15.9 Å². The Morgan fingerprint density at radius 1 is 1.00 bits per heavy atom. The van der Waals surface area contributed by atoms with Crippen LogP contribution >= 0.6 is 22.7 Å². The van der Waals surface area contributed by atoms with Crippen LogP contribution in [-0.4, -0.2) is 55.9 Å². The highest BCUT2D eigenvalue weighted by atomic mass is 32.2. The predicted molar refractivity (Wildman–Crippen MR) is 162 cm³/mol. The topological polar surface area (TPSA) is 128 Å². The average Bonchev–Trinajstić information content (AvgIpc) is 3.58. The third-order valence-electron chi connectivity index (χ3n) is 6.47. The Labute approximate surface area is 253 Å². The number of thiazole rings is 2. The molecule has 1 N–H and O–H groups in total. The molecule has 2 aromatic carbocycles. The number of benzene rings is 2. The fraction of sp³-hybridized carbons (Fsp3) is 0.310. The molecule has 0 saturated carbocycles. The minimum absolute atomic E-state index is 0.0112. The Hall–Kier alpha value is -3.81. The number of ether oxygens (including phenoxy) is 2. The summed E-state index contributed by atoms with van der Waals surface area (Å²) in [7, 11) is -1.03. The maximum absolute atomic E-state index is 13.8. The number of nitrogens with one attached hydrogen (secondary N) is 1. The second kappa shape index (κ2) is 13.4. The number of methoxy groups -OCH3 is 2. The Morgan fingerprint density at radius 3 is 2.26 bits per heavy atom. The first kappa shape index (κ1) is 31.1. The molecule has 0 unspecified atom stereocenters. The summed E-state index contributed by atoms with van der Waals surface area (Å²) < 4.78 is 38.6. The zero-order chi connectivity index (χ0) is 30.4. The lowest BCUT2D eigenvalue weighted by atomic mass is 10.1. The van der Waals surface area contributed by atoms with Crippen molar-refractivity contribution in [2.75, 3.05) is 20.8 Å². The molecular weight excluding hydrogens is 597 g/mol. The van der Waals surface area contributed by atoms with Crippen molar-refractivity contribution in [3.63, 3.8) is 0 Å². The second-order valence-electron chi connectivity index (χ2n) is 9.49. The minimum atomic E-state index is -4.10. The van der Waals surface area contributed by atoms with E-state index in [0.717, 1.165) is 28.9 Å². The fourth-order valence-corrected chi connectivity index (χ4v) is 7.63. The standard InChI is InChI=1S/C29H32N4O6S3/c1-18-24(38-4)14-22(15-25(18)39-5)28(35)33(13-9-12-21-10-7-6-8-11-21)16-26-31-23(17-40-26)27(34)32-42(36,37)29-19(2)30-20(3)41-29/h6-8,10-11,14-15,17H,9,12-13,16H2,1-5H3,(H,32,34). The highest BCUT2D eigenvalue weighted by molar-refractivity contribution is 7.92. The molecule has 222 valence electrons. The van der Waals surface area contributed by atoms with E-state index in [2.05, 4.69) is 14.7 Å². The van der Waals surface area contributed by atoms with Crippen molar-refractivity contribution in [3.8, 4) is 11.5 Å². The maximum atomic E-state index is 13.8. The van der Waals surface area contributed by atoms with Crippen LogP contribution in [0.15, 0.2) is 52.1 Å². The average molecular weight is 629 g/mol. The molecule has 0 atom stereocenters. The first-order valence-electron chi connectivity index (χ1n) is 13.0. The molecule has 4 rings (SSSR count). The molecule has 0 radical (unpaired) electrons. The maximum Gasteiger partial charge on any atom is 0.284 e. The Kier molecular flexibility index (Phi) is 9.97. The number of aromatic nitrogens is 2. The van der Waals surface area contributed by atoms with Crippen LogP contribution < -0.4 is 14.2 Å². The number of carbonyl (C=O) groups is 2. The van der Waals surface area contributed by atoms with E-state index in [1.165, 1.54) is 30.9 Å². The van der Waals surface area contributed by atoms with E-state index in [0.29, 0.717) is 45.7 Å². The van der Waals surface area contributed by atoms with Crippen molar-refractivity contribution in [3.05, 3.63) is 85.9 Å². The fourth-order valence-electron chi connectivity index (χ4n) is 4.40. The lowest BCUT2D eigenvalue weighted by Gasteiger charge is -2.23. The molecule has 2 aromatic heterocycles. The van der Waals surface area contributed by atoms with E-state index in [1.54, 1.807) is 30.9 Å². The summed E-state index contributed by atoms with van der Waals surface area (Å²) in [6.45, 7) is 5.67. The minimum Gasteiger partial charge on any atom is -0.496 e. The van der Waals surface area contributed by atoms with Gasteiger partial charge in [-0.25, -0.2) is 23.1 Å². The largest absolute Gasteiger partial charge is 0.496 e. The molecule has 2 heterocycles. The Bertz CT molecular complexity index is 1660. The predicted octanol–water partition coefficient (Wildman–Crippen LogP) is 4.94. The summed E-state index contributed by atoms with van der Waals surface area (Å²) in [6.07, 6.45) is 1.46. The van der Waals surface area contributed by atoms with E-state index >= 15 is 0 Å². The van der Waals surface area contributed by atoms with Gasteiger partial charge in [0, 0.05) is 23.1 Å². The van der Waals surface area contributed by atoms with Gasteiger partial charge in [0.05, 0.1) is 31.5 Å². The van der Waals surface area contributed by atoms with Gasteiger partial charge < -0.3 is 14.4 Å². The van der Waals surface area contributed by atoms with Crippen LogP contribution in [0.25, 0.3) is 0 Å². The summed E-state index contributed by atoms with van der Waals surface area (Å²) in [5, 5.41) is 2.55. The Morgan fingerprint density at radius 2 is 1.67 bits per heavy atom. The summed E-state index contributed by atoms with van der Waals surface area (Å²) in [4.78, 5) is 36.8. The molecular formula is C29H32N4O6S3. The number of carbonyl (C=O) groups excluding carboxylic acids is 2. The van der Waals surface area contributed by atoms with Gasteiger partial charge in [0.15, 0.2) is 4.21 Å². The van der Waals surface area contributed by atoms with Crippen molar-refractivity contribution in [1.82, 2.24) is 19.6 Å². The lowest BCUT2D eigenvalue weighted by Crippen LogP contribution is -2.32. The molecule has 0 bridgehead atoms. The number of rotatable bonds is 12. The van der Waals surface area contributed by atoms with Gasteiger partial charge in [-0.15, -0.1) is 22.7 Å². The number of sulfonamides is 1. The monoisotopic (exact) mass is 628 g/mol. The van der Waals surface area contributed by atoms with Crippen LogP contribution in [0.3, 0.4) is 0 Å². The molecule has 13 heteroatoms. The van der Waals surface area contributed by atoms with Crippen molar-refractivity contribution in [2.24, 2.45) is 0 Å². The lowest BCUT2D eigenvalue weighted by molar-refractivity contribution is 0.0740. The number of aryl methyl sites for hydroxylation is 3.